The Morgan fingerprint density at radius 2 is 1.48 bits per heavy atom. The summed E-state index contributed by atoms with van der Waals surface area (Å²) in [7, 11) is 0. The zero-order valence-electron chi connectivity index (χ0n) is 21.4. The molecule has 0 aliphatic carbocycles. The molecule has 0 saturated carbocycles. The Bertz CT molecular complexity index is 2500. The van der Waals surface area contributed by atoms with E-state index in [0.717, 1.165) is 44.4 Å². The smallest absolute Gasteiger partial charge is 0.251 e. The van der Waals surface area contributed by atoms with Crippen molar-refractivity contribution in [2.24, 2.45) is 0 Å². The number of furan rings is 1. The predicted molar refractivity (Wildman–Crippen MR) is 165 cm³/mol. The van der Waals surface area contributed by atoms with Gasteiger partial charge in [0.15, 0.2) is 0 Å². The third-order valence-corrected chi connectivity index (χ3v) is 8.77. The van der Waals surface area contributed by atoms with Gasteiger partial charge in [-0.25, -0.2) is 4.98 Å². The molecule has 1 aliphatic heterocycles. The normalized spacial score (nSPS) is 12.9. The zero-order valence-corrected chi connectivity index (χ0v) is 21.4. The second-order valence-electron chi connectivity index (χ2n) is 10.8. The van der Waals surface area contributed by atoms with Crippen LogP contribution in [0.15, 0.2) is 126 Å². The molecule has 0 spiro atoms. The Balaban J connectivity index is 1.51. The lowest BCUT2D eigenvalue weighted by Crippen LogP contribution is -2.56. The van der Waals surface area contributed by atoms with Gasteiger partial charge in [-0.05, 0) is 52.7 Å². The van der Waals surface area contributed by atoms with Crippen molar-refractivity contribution in [1.82, 2.24) is 14.0 Å². The third-order valence-electron chi connectivity index (χ3n) is 8.77. The fourth-order valence-electron chi connectivity index (χ4n) is 7.17. The van der Waals surface area contributed by atoms with E-state index in [9.17, 15) is 0 Å². The fraction of sp³-hybridized carbons (Fsp3) is 0. The Kier molecular flexibility index (Phi) is 3.73. The number of fused-ring (bicyclic) bond motifs is 11. The van der Waals surface area contributed by atoms with E-state index in [4.69, 9.17) is 9.40 Å². The number of imidazole rings is 1. The van der Waals surface area contributed by atoms with Crippen LogP contribution in [0, 0.1) is 0 Å². The molecule has 10 rings (SSSR count). The van der Waals surface area contributed by atoms with Gasteiger partial charge in [-0.3, -0.25) is 8.97 Å². The minimum absolute atomic E-state index is 0.0140. The van der Waals surface area contributed by atoms with Gasteiger partial charge in [0.2, 0.25) is 5.78 Å². The van der Waals surface area contributed by atoms with Gasteiger partial charge in [0.1, 0.15) is 11.2 Å². The number of hydrogen-bond donors (Lipinski definition) is 0. The maximum absolute atomic E-state index is 6.71. The van der Waals surface area contributed by atoms with Gasteiger partial charge in [-0.1, -0.05) is 90.4 Å². The van der Waals surface area contributed by atoms with Crippen molar-refractivity contribution in [3.05, 3.63) is 121 Å². The summed E-state index contributed by atoms with van der Waals surface area (Å²) in [6, 6.07) is 43.3. The highest BCUT2D eigenvalue weighted by Crippen LogP contribution is 2.36. The van der Waals surface area contributed by atoms with E-state index in [0.29, 0.717) is 0 Å². The SMILES string of the molecule is c1ccc(B2c3c(ccc4c3oc3ccccc34)-n3c4c2ccc2cccc(c24)n2c4ccccc4nc32)cc1. The number of para-hydroxylation sites is 3. The summed E-state index contributed by atoms with van der Waals surface area (Å²) in [5.74, 6) is 0.914. The summed E-state index contributed by atoms with van der Waals surface area (Å²) in [5.41, 5.74) is 11.2. The van der Waals surface area contributed by atoms with Crippen molar-refractivity contribution in [3.8, 4) is 5.69 Å². The molecule has 6 aromatic carbocycles. The highest BCUT2D eigenvalue weighted by Gasteiger charge is 2.37. The van der Waals surface area contributed by atoms with Crippen LogP contribution in [0.2, 0.25) is 0 Å². The third kappa shape index (κ3) is 2.42. The van der Waals surface area contributed by atoms with Gasteiger partial charge < -0.3 is 4.42 Å². The Morgan fingerprint density at radius 1 is 0.650 bits per heavy atom. The van der Waals surface area contributed by atoms with Gasteiger partial charge in [-0.15, -0.1) is 0 Å². The first-order valence-corrected chi connectivity index (χ1v) is 13.7. The molecule has 0 bridgehead atoms. The lowest BCUT2D eigenvalue weighted by molar-refractivity contribution is 0.671. The molecule has 40 heavy (non-hydrogen) atoms. The first-order valence-electron chi connectivity index (χ1n) is 13.7. The zero-order chi connectivity index (χ0) is 25.9. The molecule has 5 heteroatoms. The lowest BCUT2D eigenvalue weighted by atomic mass is 9.35. The summed E-state index contributed by atoms with van der Waals surface area (Å²) >= 11 is 0. The van der Waals surface area contributed by atoms with Crippen LogP contribution < -0.4 is 16.4 Å². The maximum Gasteiger partial charge on any atom is 0.251 e. The van der Waals surface area contributed by atoms with Gasteiger partial charge >= 0.3 is 0 Å². The average Bonchev–Trinajstić information content (AvgIpc) is 3.59. The van der Waals surface area contributed by atoms with E-state index in [1.54, 1.807) is 0 Å². The minimum Gasteiger partial charge on any atom is -0.457 e. The Labute approximate surface area is 228 Å². The van der Waals surface area contributed by atoms with Crippen LogP contribution in [0.4, 0.5) is 0 Å². The molecule has 4 nitrogen and oxygen atoms in total. The van der Waals surface area contributed by atoms with Crippen LogP contribution in [-0.2, 0) is 0 Å². The first kappa shape index (κ1) is 20.6. The molecule has 4 heterocycles. The van der Waals surface area contributed by atoms with Crippen molar-refractivity contribution in [2.45, 2.75) is 0 Å². The van der Waals surface area contributed by atoms with E-state index in [1.807, 2.05) is 6.07 Å². The van der Waals surface area contributed by atoms with Crippen LogP contribution in [0.5, 0.6) is 0 Å². The quantitative estimate of drug-likeness (QED) is 0.243. The maximum atomic E-state index is 6.71. The molecule has 0 amide bonds. The van der Waals surface area contributed by atoms with Crippen molar-refractivity contribution >= 4 is 83.7 Å². The van der Waals surface area contributed by atoms with Gasteiger partial charge in [0.25, 0.3) is 6.71 Å². The van der Waals surface area contributed by atoms with E-state index in [1.165, 1.54) is 38.2 Å². The van der Waals surface area contributed by atoms with E-state index < -0.39 is 0 Å². The van der Waals surface area contributed by atoms with E-state index >= 15 is 0 Å². The van der Waals surface area contributed by atoms with Crippen LogP contribution >= 0.6 is 0 Å². The van der Waals surface area contributed by atoms with Crippen LogP contribution in [-0.4, -0.2) is 20.7 Å². The van der Waals surface area contributed by atoms with Crippen LogP contribution in [0.25, 0.3) is 66.2 Å². The second-order valence-corrected chi connectivity index (χ2v) is 10.8. The molecular weight excluding hydrogens is 489 g/mol. The molecule has 1 aliphatic rings. The van der Waals surface area contributed by atoms with Gasteiger partial charge in [0.05, 0.1) is 22.1 Å². The Morgan fingerprint density at radius 3 is 2.42 bits per heavy atom. The van der Waals surface area contributed by atoms with Crippen LogP contribution in [0.1, 0.15) is 0 Å². The lowest BCUT2D eigenvalue weighted by Gasteiger charge is -2.30. The molecule has 0 unspecified atom stereocenters. The molecule has 0 atom stereocenters. The highest BCUT2D eigenvalue weighted by atomic mass is 16.3. The number of aromatic nitrogens is 3. The topological polar surface area (TPSA) is 35.4 Å². The predicted octanol–water partition coefficient (Wildman–Crippen LogP) is 6.31. The molecule has 3 aromatic heterocycles. The minimum atomic E-state index is 0.0140. The van der Waals surface area contributed by atoms with Gasteiger partial charge in [-0.2, -0.15) is 0 Å². The van der Waals surface area contributed by atoms with Crippen molar-refractivity contribution in [2.75, 3.05) is 0 Å². The number of nitrogens with zero attached hydrogens (tertiary/aromatic N) is 3. The van der Waals surface area contributed by atoms with E-state index in [-0.39, 0.29) is 6.71 Å². The summed E-state index contributed by atoms with van der Waals surface area (Å²) in [5, 5.41) is 4.77. The number of rotatable bonds is 1. The van der Waals surface area contributed by atoms with Crippen molar-refractivity contribution < 1.29 is 4.42 Å². The molecule has 0 fully saturated rings. The molecule has 9 aromatic rings. The summed E-state index contributed by atoms with van der Waals surface area (Å²) in [4.78, 5) is 5.24. The number of benzene rings is 6. The highest BCUT2D eigenvalue weighted by molar-refractivity contribution is 6.99. The average molecular weight is 509 g/mol. The molecule has 0 saturated heterocycles. The second kappa shape index (κ2) is 7.22. The summed E-state index contributed by atoms with van der Waals surface area (Å²) in [6.45, 7) is 0.0140. The molecule has 0 N–H and O–H groups in total. The standard InChI is InChI=1S/C35H20BN3O/c1-2-10-22(11-3-1)36-25-19-17-21-9-8-15-28-31(21)33(25)39(35-37-26-13-5-6-14-27(26)38(28)35)29-20-18-24-23-12-4-7-16-30(23)40-34(24)32(29)36/h1-20H. The van der Waals surface area contributed by atoms with Gasteiger partial charge in [0, 0.05) is 21.8 Å². The molecule has 0 radical (unpaired) electrons. The number of hydrogen-bond acceptors (Lipinski definition) is 2. The van der Waals surface area contributed by atoms with Crippen molar-refractivity contribution in [3.63, 3.8) is 0 Å². The molecular formula is C35H20BN3O. The fourth-order valence-corrected chi connectivity index (χ4v) is 7.17. The monoisotopic (exact) mass is 509 g/mol. The molecule has 184 valence electrons. The van der Waals surface area contributed by atoms with Crippen molar-refractivity contribution in [1.29, 1.82) is 0 Å². The summed E-state index contributed by atoms with van der Waals surface area (Å²) in [6.07, 6.45) is 0. The first-order chi connectivity index (χ1) is 19.9. The van der Waals surface area contributed by atoms with E-state index in [2.05, 4.69) is 124 Å². The van der Waals surface area contributed by atoms with Crippen LogP contribution in [0.3, 0.4) is 0 Å². The Hall–Kier alpha value is -5.29. The summed E-state index contributed by atoms with van der Waals surface area (Å²) < 4.78 is 11.4. The largest absolute Gasteiger partial charge is 0.457 e.